The Hall–Kier alpha value is -2.25. The zero-order valence-electron chi connectivity index (χ0n) is 14.9. The fraction of sp³-hybridized carbons (Fsp3) is 0.263. The molecule has 8 heteroatoms. The number of nitrogens with one attached hydrogen (secondary N) is 2. The Morgan fingerprint density at radius 3 is 2.63 bits per heavy atom. The second-order valence-electron chi connectivity index (χ2n) is 5.63. The zero-order chi connectivity index (χ0) is 19.8. The number of hydrogen-bond donors (Lipinski definition) is 2. The van der Waals surface area contributed by atoms with Crippen LogP contribution in [0.1, 0.15) is 16.8 Å². The van der Waals surface area contributed by atoms with Gasteiger partial charge < -0.3 is 15.4 Å². The van der Waals surface area contributed by atoms with E-state index in [1.165, 1.54) is 19.2 Å². The molecule has 0 aliphatic rings. The van der Waals surface area contributed by atoms with Crippen LogP contribution in [0, 0.1) is 5.82 Å². The van der Waals surface area contributed by atoms with Gasteiger partial charge in [0.25, 0.3) is 5.91 Å². The molecule has 1 unspecified atom stereocenters. The van der Waals surface area contributed by atoms with E-state index < -0.39 is 23.7 Å². The second-order valence-corrected chi connectivity index (χ2v) is 7.02. The highest BCUT2D eigenvalue weighted by Crippen LogP contribution is 2.21. The molecule has 5 nitrogen and oxygen atoms in total. The van der Waals surface area contributed by atoms with Crippen molar-refractivity contribution in [2.24, 2.45) is 0 Å². The monoisotopic (exact) mass is 410 g/mol. The van der Waals surface area contributed by atoms with Gasteiger partial charge in [0.05, 0.1) is 17.7 Å². The van der Waals surface area contributed by atoms with E-state index in [-0.39, 0.29) is 17.0 Å². The molecule has 0 bridgehead atoms. The molecule has 2 aromatic carbocycles. The molecule has 2 aromatic rings. The first-order valence-corrected chi connectivity index (χ1v) is 9.92. The van der Waals surface area contributed by atoms with Gasteiger partial charge in [-0.05, 0) is 42.7 Å². The van der Waals surface area contributed by atoms with E-state index in [1.807, 2.05) is 6.26 Å². The summed E-state index contributed by atoms with van der Waals surface area (Å²) in [5.41, 5.74) is 0.566. The minimum Gasteiger partial charge on any atom is -0.494 e. The molecule has 0 saturated carbocycles. The van der Waals surface area contributed by atoms with E-state index in [9.17, 15) is 14.0 Å². The lowest BCUT2D eigenvalue weighted by Gasteiger charge is -2.19. The largest absolute Gasteiger partial charge is 0.494 e. The van der Waals surface area contributed by atoms with Crippen LogP contribution in [-0.2, 0) is 4.79 Å². The Bertz CT molecular complexity index is 819. The summed E-state index contributed by atoms with van der Waals surface area (Å²) in [4.78, 5) is 25.1. The van der Waals surface area contributed by atoms with Crippen LogP contribution in [0.15, 0.2) is 42.5 Å². The number of methoxy groups -OCH3 is 1. The third kappa shape index (κ3) is 5.87. The molecule has 2 amide bonds. The number of anilines is 1. The number of carbonyl (C=O) groups is 2. The molecular formula is C19H20ClFN2O3S. The molecule has 0 radical (unpaired) electrons. The normalized spacial score (nSPS) is 11.6. The predicted molar refractivity (Wildman–Crippen MR) is 107 cm³/mol. The molecule has 0 spiro atoms. The van der Waals surface area contributed by atoms with Gasteiger partial charge in [0.2, 0.25) is 5.91 Å². The summed E-state index contributed by atoms with van der Waals surface area (Å²) in [7, 11) is 1.36. The Morgan fingerprint density at radius 1 is 1.26 bits per heavy atom. The summed E-state index contributed by atoms with van der Waals surface area (Å²) in [5, 5.41) is 5.62. The van der Waals surface area contributed by atoms with E-state index >= 15 is 0 Å². The van der Waals surface area contributed by atoms with Gasteiger partial charge in [0.1, 0.15) is 6.04 Å². The minimum absolute atomic E-state index is 0.0824. The van der Waals surface area contributed by atoms with E-state index in [0.717, 1.165) is 6.07 Å². The summed E-state index contributed by atoms with van der Waals surface area (Å²) in [6.45, 7) is 0. The molecule has 1 atom stereocenters. The quantitative estimate of drug-likeness (QED) is 0.690. The van der Waals surface area contributed by atoms with E-state index in [2.05, 4.69) is 10.6 Å². The van der Waals surface area contributed by atoms with Crippen molar-refractivity contribution in [3.63, 3.8) is 0 Å². The van der Waals surface area contributed by atoms with E-state index in [0.29, 0.717) is 17.2 Å². The number of ether oxygens (including phenoxy) is 1. The van der Waals surface area contributed by atoms with Crippen LogP contribution in [0.3, 0.4) is 0 Å². The summed E-state index contributed by atoms with van der Waals surface area (Å²) < 4.78 is 18.7. The highest BCUT2D eigenvalue weighted by molar-refractivity contribution is 7.98. The SMILES string of the molecule is COc1ccc(NC(=O)C(CCSC)NC(=O)c2ccccc2Cl)cc1F. The number of benzene rings is 2. The number of hydrogen-bond acceptors (Lipinski definition) is 4. The molecule has 27 heavy (non-hydrogen) atoms. The number of rotatable bonds is 8. The number of amides is 2. The third-order valence-corrected chi connectivity index (χ3v) is 4.74. The Labute approximate surface area is 166 Å². The minimum atomic E-state index is -0.786. The highest BCUT2D eigenvalue weighted by Gasteiger charge is 2.22. The summed E-state index contributed by atoms with van der Waals surface area (Å²) in [6, 6.07) is 9.93. The summed E-state index contributed by atoms with van der Waals surface area (Å²) >= 11 is 7.60. The number of halogens is 2. The van der Waals surface area contributed by atoms with Crippen LogP contribution in [0.5, 0.6) is 5.75 Å². The Morgan fingerprint density at radius 2 is 2.00 bits per heavy atom. The molecule has 144 valence electrons. The lowest BCUT2D eigenvalue weighted by molar-refractivity contribution is -0.118. The molecule has 0 aromatic heterocycles. The first-order valence-electron chi connectivity index (χ1n) is 8.15. The van der Waals surface area contributed by atoms with Crippen molar-refractivity contribution in [1.29, 1.82) is 0 Å². The van der Waals surface area contributed by atoms with E-state index in [4.69, 9.17) is 16.3 Å². The van der Waals surface area contributed by atoms with Crippen molar-refractivity contribution in [2.45, 2.75) is 12.5 Å². The first kappa shape index (κ1) is 21.1. The van der Waals surface area contributed by atoms with Gasteiger partial charge in [-0.25, -0.2) is 4.39 Å². The lowest BCUT2D eigenvalue weighted by Crippen LogP contribution is -2.44. The molecule has 2 N–H and O–H groups in total. The van der Waals surface area contributed by atoms with Crippen LogP contribution in [0.2, 0.25) is 5.02 Å². The van der Waals surface area contributed by atoms with Crippen molar-refractivity contribution in [3.8, 4) is 5.75 Å². The van der Waals surface area contributed by atoms with Crippen LogP contribution in [0.25, 0.3) is 0 Å². The van der Waals surface area contributed by atoms with Gasteiger partial charge in [-0.3, -0.25) is 9.59 Å². The molecule has 0 heterocycles. The molecular weight excluding hydrogens is 391 g/mol. The fourth-order valence-corrected chi connectivity index (χ4v) is 3.05. The summed E-state index contributed by atoms with van der Waals surface area (Å²) in [5.74, 6) is -0.718. The fourth-order valence-electron chi connectivity index (χ4n) is 2.36. The smallest absolute Gasteiger partial charge is 0.253 e. The number of thioether (sulfide) groups is 1. The van der Waals surface area contributed by atoms with Crippen molar-refractivity contribution in [3.05, 3.63) is 58.9 Å². The van der Waals surface area contributed by atoms with Crippen LogP contribution in [-0.4, -0.2) is 37.0 Å². The Kier molecular flexibility index (Phi) is 7.94. The second kappa shape index (κ2) is 10.2. The lowest BCUT2D eigenvalue weighted by atomic mass is 10.1. The van der Waals surface area contributed by atoms with Gasteiger partial charge in [-0.1, -0.05) is 23.7 Å². The van der Waals surface area contributed by atoms with Crippen LogP contribution >= 0.6 is 23.4 Å². The standard InChI is InChI=1S/C19H20ClFN2O3S/c1-26-17-8-7-12(11-15(17)21)22-19(25)16(9-10-27-2)23-18(24)13-5-3-4-6-14(13)20/h3-8,11,16H,9-10H2,1-2H3,(H,22,25)(H,23,24). The molecule has 2 rings (SSSR count). The van der Waals surface area contributed by atoms with Crippen molar-refractivity contribution in [2.75, 3.05) is 24.4 Å². The van der Waals surface area contributed by atoms with Crippen LogP contribution < -0.4 is 15.4 Å². The van der Waals surface area contributed by atoms with Gasteiger partial charge >= 0.3 is 0 Å². The Balaban J connectivity index is 2.12. The van der Waals surface area contributed by atoms with Crippen LogP contribution in [0.4, 0.5) is 10.1 Å². The summed E-state index contributed by atoms with van der Waals surface area (Å²) in [6.07, 6.45) is 2.32. The average Bonchev–Trinajstić information content (AvgIpc) is 2.65. The van der Waals surface area contributed by atoms with Gasteiger partial charge in [-0.2, -0.15) is 11.8 Å². The van der Waals surface area contributed by atoms with Crippen molar-refractivity contribution >= 4 is 40.9 Å². The van der Waals surface area contributed by atoms with Crippen molar-refractivity contribution in [1.82, 2.24) is 5.32 Å². The number of carbonyl (C=O) groups excluding carboxylic acids is 2. The average molecular weight is 411 g/mol. The third-order valence-electron chi connectivity index (χ3n) is 3.77. The maximum atomic E-state index is 13.8. The molecule has 0 aliphatic carbocycles. The van der Waals surface area contributed by atoms with Gasteiger partial charge in [-0.15, -0.1) is 0 Å². The predicted octanol–water partition coefficient (Wildman–Crippen LogP) is 3.98. The molecule has 0 aliphatic heterocycles. The van der Waals surface area contributed by atoms with Crippen molar-refractivity contribution < 1.29 is 18.7 Å². The van der Waals surface area contributed by atoms with E-state index in [1.54, 1.807) is 36.0 Å². The topological polar surface area (TPSA) is 67.4 Å². The molecule has 0 saturated heterocycles. The maximum Gasteiger partial charge on any atom is 0.253 e. The van der Waals surface area contributed by atoms with Gasteiger partial charge in [0, 0.05) is 11.8 Å². The first-order chi connectivity index (χ1) is 13.0. The maximum absolute atomic E-state index is 13.8. The van der Waals surface area contributed by atoms with Gasteiger partial charge in [0.15, 0.2) is 11.6 Å². The zero-order valence-corrected chi connectivity index (χ0v) is 16.5. The highest BCUT2D eigenvalue weighted by atomic mass is 35.5. The molecule has 0 fully saturated rings.